The Kier molecular flexibility index (Phi) is 5.58. The zero-order valence-corrected chi connectivity index (χ0v) is 10.8. The minimum absolute atomic E-state index is 0.252. The number of carbonyl (C=O) groups excluding carboxylic acids is 1. The highest BCUT2D eigenvalue weighted by Crippen LogP contribution is 2.17. The van der Waals surface area contributed by atoms with Gasteiger partial charge in [-0.1, -0.05) is 0 Å². The second kappa shape index (κ2) is 6.96. The number of anilines is 1. The number of methoxy groups -OCH3 is 1. The molecule has 0 aliphatic carbocycles. The van der Waals surface area contributed by atoms with E-state index in [0.717, 1.165) is 12.8 Å². The Bertz CT molecular complexity index is 398. The molecule has 1 aromatic carbocycles. The molecule has 18 heavy (non-hydrogen) atoms. The van der Waals surface area contributed by atoms with Gasteiger partial charge < -0.3 is 15.8 Å². The van der Waals surface area contributed by atoms with Gasteiger partial charge >= 0.3 is 0 Å². The molecule has 0 unspecified atom stereocenters. The van der Waals surface area contributed by atoms with Crippen molar-refractivity contribution in [2.45, 2.75) is 19.8 Å². The largest absolute Gasteiger partial charge is 0.398 e. The van der Waals surface area contributed by atoms with Gasteiger partial charge in [0.1, 0.15) is 5.82 Å². The van der Waals surface area contributed by atoms with Crippen LogP contribution in [0.1, 0.15) is 28.8 Å². The minimum Gasteiger partial charge on any atom is -0.398 e. The van der Waals surface area contributed by atoms with E-state index in [2.05, 4.69) is 5.32 Å². The Labute approximate surface area is 106 Å². The van der Waals surface area contributed by atoms with Crippen LogP contribution in [0.5, 0.6) is 0 Å². The van der Waals surface area contributed by atoms with Crippen molar-refractivity contribution in [3.63, 3.8) is 0 Å². The first-order valence-electron chi connectivity index (χ1n) is 5.89. The second-order valence-electron chi connectivity index (χ2n) is 4.13. The molecule has 1 aromatic rings. The maximum Gasteiger partial charge on any atom is 0.251 e. The van der Waals surface area contributed by atoms with E-state index in [1.165, 1.54) is 12.1 Å². The van der Waals surface area contributed by atoms with Gasteiger partial charge in [-0.15, -0.1) is 0 Å². The Balaban J connectivity index is 2.52. The van der Waals surface area contributed by atoms with Crippen LogP contribution in [-0.4, -0.2) is 26.2 Å². The number of amides is 1. The van der Waals surface area contributed by atoms with Gasteiger partial charge in [-0.25, -0.2) is 4.39 Å². The third-order valence-corrected chi connectivity index (χ3v) is 2.71. The number of ether oxygens (including phenoxy) is 1. The first-order valence-corrected chi connectivity index (χ1v) is 5.89. The Morgan fingerprint density at radius 3 is 2.78 bits per heavy atom. The van der Waals surface area contributed by atoms with Gasteiger partial charge in [0.05, 0.1) is 0 Å². The van der Waals surface area contributed by atoms with Gasteiger partial charge in [0, 0.05) is 37.1 Å². The standard InChI is InChI=1S/C13H19FN2O2/c1-9-11(14)7-10(8-12(9)15)13(17)16-5-3-4-6-18-2/h7-8H,3-6,15H2,1-2H3,(H,16,17). The number of carbonyl (C=O) groups is 1. The van der Waals surface area contributed by atoms with Crippen LogP contribution in [0, 0.1) is 12.7 Å². The van der Waals surface area contributed by atoms with Crippen LogP contribution in [0.15, 0.2) is 12.1 Å². The molecule has 0 bridgehead atoms. The summed E-state index contributed by atoms with van der Waals surface area (Å²) in [5.74, 6) is -0.766. The molecule has 0 saturated heterocycles. The van der Waals surface area contributed by atoms with Crippen LogP contribution >= 0.6 is 0 Å². The summed E-state index contributed by atoms with van der Waals surface area (Å²) < 4.78 is 18.3. The number of hydrogen-bond acceptors (Lipinski definition) is 3. The zero-order valence-electron chi connectivity index (χ0n) is 10.8. The lowest BCUT2D eigenvalue weighted by Gasteiger charge is -2.08. The van der Waals surface area contributed by atoms with Gasteiger partial charge in [0.2, 0.25) is 0 Å². The fourth-order valence-electron chi connectivity index (χ4n) is 1.51. The number of hydrogen-bond donors (Lipinski definition) is 2. The smallest absolute Gasteiger partial charge is 0.251 e. The van der Waals surface area contributed by atoms with Crippen molar-refractivity contribution >= 4 is 11.6 Å². The molecule has 0 aliphatic heterocycles. The van der Waals surface area contributed by atoms with Crippen molar-refractivity contribution in [3.05, 3.63) is 29.1 Å². The third-order valence-electron chi connectivity index (χ3n) is 2.71. The zero-order chi connectivity index (χ0) is 13.5. The number of benzene rings is 1. The Morgan fingerprint density at radius 1 is 1.44 bits per heavy atom. The van der Waals surface area contributed by atoms with Gasteiger partial charge in [-0.2, -0.15) is 0 Å². The molecule has 0 spiro atoms. The fraction of sp³-hybridized carbons (Fsp3) is 0.462. The molecule has 1 rings (SSSR count). The second-order valence-corrected chi connectivity index (χ2v) is 4.13. The summed E-state index contributed by atoms with van der Waals surface area (Å²) >= 11 is 0. The molecule has 0 fully saturated rings. The average Bonchev–Trinajstić information content (AvgIpc) is 2.34. The topological polar surface area (TPSA) is 64.3 Å². The lowest BCUT2D eigenvalue weighted by molar-refractivity contribution is 0.0951. The van der Waals surface area contributed by atoms with Crippen LogP contribution in [0.25, 0.3) is 0 Å². The van der Waals surface area contributed by atoms with Crippen LogP contribution < -0.4 is 11.1 Å². The summed E-state index contributed by atoms with van der Waals surface area (Å²) in [7, 11) is 1.64. The highest BCUT2D eigenvalue weighted by molar-refractivity contribution is 5.95. The number of unbranched alkanes of at least 4 members (excludes halogenated alkanes) is 1. The van der Waals surface area contributed by atoms with Crippen LogP contribution in [0.2, 0.25) is 0 Å². The van der Waals surface area contributed by atoms with E-state index in [1.54, 1.807) is 14.0 Å². The molecule has 0 radical (unpaired) electrons. The molecular formula is C13H19FN2O2. The quantitative estimate of drug-likeness (QED) is 0.601. The minimum atomic E-state index is -0.459. The van der Waals surface area contributed by atoms with Gasteiger partial charge in [-0.05, 0) is 31.9 Å². The van der Waals surface area contributed by atoms with Gasteiger partial charge in [-0.3, -0.25) is 4.79 Å². The monoisotopic (exact) mass is 254 g/mol. The summed E-state index contributed by atoms with van der Waals surface area (Å²) in [5, 5.41) is 2.72. The Hall–Kier alpha value is -1.62. The molecule has 3 N–H and O–H groups in total. The fourth-order valence-corrected chi connectivity index (χ4v) is 1.51. The van der Waals surface area contributed by atoms with Crippen molar-refractivity contribution in [1.82, 2.24) is 5.32 Å². The molecule has 4 nitrogen and oxygen atoms in total. The molecule has 0 atom stereocenters. The lowest BCUT2D eigenvalue weighted by atomic mass is 10.1. The normalized spacial score (nSPS) is 10.4. The van der Waals surface area contributed by atoms with E-state index in [9.17, 15) is 9.18 Å². The summed E-state index contributed by atoms with van der Waals surface area (Å²) in [6, 6.07) is 2.69. The van der Waals surface area contributed by atoms with Crippen LogP contribution in [-0.2, 0) is 4.74 Å². The van der Waals surface area contributed by atoms with Gasteiger partial charge in [0.25, 0.3) is 5.91 Å². The van der Waals surface area contributed by atoms with Crippen molar-refractivity contribution < 1.29 is 13.9 Å². The first kappa shape index (κ1) is 14.4. The Morgan fingerprint density at radius 2 is 2.17 bits per heavy atom. The number of nitrogens with one attached hydrogen (secondary N) is 1. The summed E-state index contributed by atoms with van der Waals surface area (Å²) in [6.07, 6.45) is 1.70. The van der Waals surface area contributed by atoms with Crippen molar-refractivity contribution in [2.75, 3.05) is 26.0 Å². The van der Waals surface area contributed by atoms with E-state index in [4.69, 9.17) is 10.5 Å². The number of nitrogen functional groups attached to an aromatic ring is 1. The first-order chi connectivity index (χ1) is 8.56. The van der Waals surface area contributed by atoms with Crippen molar-refractivity contribution in [3.8, 4) is 0 Å². The van der Waals surface area contributed by atoms with Crippen molar-refractivity contribution in [2.24, 2.45) is 0 Å². The molecule has 0 heterocycles. The molecule has 0 aromatic heterocycles. The van der Waals surface area contributed by atoms with Gasteiger partial charge in [0.15, 0.2) is 0 Å². The highest BCUT2D eigenvalue weighted by atomic mass is 19.1. The summed E-state index contributed by atoms with van der Waals surface area (Å²) in [6.45, 7) is 2.79. The maximum absolute atomic E-state index is 13.4. The lowest BCUT2D eigenvalue weighted by Crippen LogP contribution is -2.25. The predicted molar refractivity (Wildman–Crippen MR) is 69.0 cm³/mol. The molecule has 5 heteroatoms. The molecular weight excluding hydrogens is 235 g/mol. The molecule has 100 valence electrons. The predicted octanol–water partition coefficient (Wildman–Crippen LogP) is 1.87. The van der Waals surface area contributed by atoms with E-state index in [0.29, 0.717) is 24.4 Å². The summed E-state index contributed by atoms with van der Waals surface area (Å²) in [4.78, 5) is 11.7. The number of rotatable bonds is 6. The van der Waals surface area contributed by atoms with Crippen molar-refractivity contribution in [1.29, 1.82) is 0 Å². The van der Waals surface area contributed by atoms with E-state index in [-0.39, 0.29) is 11.5 Å². The maximum atomic E-state index is 13.4. The average molecular weight is 254 g/mol. The molecule has 1 amide bonds. The molecule has 0 saturated carbocycles. The van der Waals surface area contributed by atoms with Crippen LogP contribution in [0.3, 0.4) is 0 Å². The van der Waals surface area contributed by atoms with E-state index in [1.807, 2.05) is 0 Å². The molecule has 0 aliphatic rings. The summed E-state index contributed by atoms with van der Waals surface area (Å²) in [5.41, 5.74) is 6.53. The SMILES string of the molecule is COCCCCNC(=O)c1cc(N)c(C)c(F)c1. The van der Waals surface area contributed by atoms with E-state index < -0.39 is 5.82 Å². The number of halogens is 1. The third kappa shape index (κ3) is 4.00. The highest BCUT2D eigenvalue weighted by Gasteiger charge is 2.10. The van der Waals surface area contributed by atoms with E-state index >= 15 is 0 Å². The van der Waals surface area contributed by atoms with Crippen LogP contribution in [0.4, 0.5) is 10.1 Å². The number of nitrogens with two attached hydrogens (primary N) is 1.